The fourth-order valence-corrected chi connectivity index (χ4v) is 6.55. The molecule has 216 valence electrons. The Kier molecular flexibility index (Phi) is 6.85. The summed E-state index contributed by atoms with van der Waals surface area (Å²) >= 11 is 3.56. The van der Waals surface area contributed by atoms with E-state index in [4.69, 9.17) is 9.47 Å². The van der Waals surface area contributed by atoms with Gasteiger partial charge in [0, 0.05) is 33.5 Å². The molecule has 6 rings (SSSR count). The average Bonchev–Trinajstić information content (AvgIpc) is 2.92. The number of rotatable bonds is 2. The van der Waals surface area contributed by atoms with Crippen LogP contribution in [-0.4, -0.2) is 5.11 Å². The van der Waals surface area contributed by atoms with Crippen molar-refractivity contribution >= 4 is 27.8 Å². The monoisotopic (exact) mass is 622 g/mol. The van der Waals surface area contributed by atoms with Crippen molar-refractivity contribution in [3.63, 3.8) is 0 Å². The van der Waals surface area contributed by atoms with E-state index in [-0.39, 0.29) is 16.7 Å². The summed E-state index contributed by atoms with van der Waals surface area (Å²) in [5, 5.41) is 11.5. The van der Waals surface area contributed by atoms with Crippen molar-refractivity contribution in [1.82, 2.24) is 0 Å². The van der Waals surface area contributed by atoms with Gasteiger partial charge in [0.1, 0.15) is 17.3 Å². The number of phenols is 1. The maximum atomic E-state index is 11.5. The van der Waals surface area contributed by atoms with Crippen LogP contribution in [0, 0.1) is 6.92 Å². The molecule has 1 spiro atoms. The van der Waals surface area contributed by atoms with E-state index in [0.717, 1.165) is 54.9 Å². The zero-order chi connectivity index (χ0) is 30.0. The minimum absolute atomic E-state index is 0.0197. The zero-order valence-electron chi connectivity index (χ0n) is 25.5. The standard InChI is InChI=1S/C38H39BrO3/c1-23-12-17-33-28(18-23)29(26-19-31(36(2,3)4)35(40)32(20-26)37(5,6)7)22-38(41-33)30-11-9-8-10-25(30)21-34(42-38)24-13-15-27(39)16-14-24/h8-21,29,40H,22H2,1-7H3/t29-,38-/m1/s1. The minimum Gasteiger partial charge on any atom is -0.507 e. The first-order chi connectivity index (χ1) is 19.7. The van der Waals surface area contributed by atoms with E-state index in [1.165, 1.54) is 5.56 Å². The van der Waals surface area contributed by atoms with Gasteiger partial charge in [0.15, 0.2) is 0 Å². The lowest BCUT2D eigenvalue weighted by atomic mass is 9.73. The molecule has 0 unspecified atom stereocenters. The van der Waals surface area contributed by atoms with Crippen molar-refractivity contribution in [2.45, 2.75) is 77.4 Å². The SMILES string of the molecule is Cc1ccc2c(c1)[C@@H](c1cc(C(C)(C)C)c(O)c(C(C)(C)C)c1)C[C@]1(OC(c3ccc(Br)cc3)=Cc3ccccc31)O2. The second-order valence-corrected chi connectivity index (χ2v) is 14.7. The lowest BCUT2D eigenvalue weighted by Gasteiger charge is -2.45. The van der Waals surface area contributed by atoms with E-state index in [2.05, 4.69) is 137 Å². The van der Waals surface area contributed by atoms with E-state index >= 15 is 0 Å². The highest BCUT2D eigenvalue weighted by Crippen LogP contribution is 2.54. The molecule has 2 aliphatic rings. The molecule has 0 aromatic heterocycles. The summed E-state index contributed by atoms with van der Waals surface area (Å²) < 4.78 is 15.0. The molecule has 2 heterocycles. The van der Waals surface area contributed by atoms with Gasteiger partial charge in [-0.2, -0.15) is 0 Å². The molecule has 2 atom stereocenters. The predicted molar refractivity (Wildman–Crippen MR) is 175 cm³/mol. The molecule has 0 radical (unpaired) electrons. The van der Waals surface area contributed by atoms with Gasteiger partial charge >= 0.3 is 0 Å². The van der Waals surface area contributed by atoms with E-state index < -0.39 is 5.79 Å². The Balaban J connectivity index is 1.58. The van der Waals surface area contributed by atoms with Crippen LogP contribution in [0.15, 0.2) is 83.3 Å². The Hall–Kier alpha value is -3.50. The summed E-state index contributed by atoms with van der Waals surface area (Å²) in [6.45, 7) is 15.1. The van der Waals surface area contributed by atoms with Gasteiger partial charge in [-0.3, -0.25) is 0 Å². The molecule has 2 aliphatic heterocycles. The van der Waals surface area contributed by atoms with Crippen molar-refractivity contribution in [2.24, 2.45) is 0 Å². The van der Waals surface area contributed by atoms with Gasteiger partial charge < -0.3 is 14.6 Å². The first-order valence-corrected chi connectivity index (χ1v) is 15.5. The third-order valence-corrected chi connectivity index (χ3v) is 9.03. The Labute approximate surface area is 258 Å². The van der Waals surface area contributed by atoms with Crippen LogP contribution in [0.2, 0.25) is 0 Å². The van der Waals surface area contributed by atoms with Crippen LogP contribution in [-0.2, 0) is 21.4 Å². The van der Waals surface area contributed by atoms with Crippen LogP contribution in [0.25, 0.3) is 11.8 Å². The fraction of sp³-hybridized carbons (Fsp3) is 0.316. The molecule has 0 fully saturated rings. The lowest BCUT2D eigenvalue weighted by molar-refractivity contribution is -0.159. The minimum atomic E-state index is -1.03. The molecule has 4 aromatic rings. The number of phenolic OH excluding ortho intramolecular Hbond substituents is 1. The van der Waals surface area contributed by atoms with Crippen molar-refractivity contribution in [3.05, 3.63) is 128 Å². The predicted octanol–water partition coefficient (Wildman–Crippen LogP) is 10.4. The summed E-state index contributed by atoms with van der Waals surface area (Å²) in [5.41, 5.74) is 8.06. The number of fused-ring (bicyclic) bond motifs is 3. The van der Waals surface area contributed by atoms with Crippen LogP contribution in [0.1, 0.15) is 98.4 Å². The van der Waals surface area contributed by atoms with Gasteiger partial charge in [-0.25, -0.2) is 0 Å². The highest BCUT2D eigenvalue weighted by molar-refractivity contribution is 9.10. The van der Waals surface area contributed by atoms with E-state index in [0.29, 0.717) is 12.2 Å². The zero-order valence-corrected chi connectivity index (χ0v) is 27.1. The number of hydrogen-bond acceptors (Lipinski definition) is 3. The second kappa shape index (κ2) is 10.1. The summed E-state index contributed by atoms with van der Waals surface area (Å²) in [6, 6.07) is 27.4. The Bertz CT molecular complexity index is 1670. The molecule has 3 nitrogen and oxygen atoms in total. The highest BCUT2D eigenvalue weighted by Gasteiger charge is 2.49. The van der Waals surface area contributed by atoms with E-state index in [1.54, 1.807) is 0 Å². The van der Waals surface area contributed by atoms with Crippen LogP contribution in [0.3, 0.4) is 0 Å². The summed E-state index contributed by atoms with van der Waals surface area (Å²) in [4.78, 5) is 0. The second-order valence-electron chi connectivity index (χ2n) is 13.8. The maximum absolute atomic E-state index is 11.5. The van der Waals surface area contributed by atoms with Gasteiger partial charge in [-0.1, -0.05) is 124 Å². The molecule has 0 amide bonds. The largest absolute Gasteiger partial charge is 0.507 e. The van der Waals surface area contributed by atoms with E-state index in [1.807, 2.05) is 12.1 Å². The molecule has 4 heteroatoms. The fourth-order valence-electron chi connectivity index (χ4n) is 6.29. The van der Waals surface area contributed by atoms with Crippen LogP contribution >= 0.6 is 15.9 Å². The molecular weight excluding hydrogens is 584 g/mol. The molecule has 42 heavy (non-hydrogen) atoms. The van der Waals surface area contributed by atoms with Crippen molar-refractivity contribution < 1.29 is 14.6 Å². The Morgan fingerprint density at radius 1 is 0.810 bits per heavy atom. The average molecular weight is 624 g/mol. The van der Waals surface area contributed by atoms with Crippen LogP contribution in [0.4, 0.5) is 0 Å². The highest BCUT2D eigenvalue weighted by atomic mass is 79.9. The summed E-state index contributed by atoms with van der Waals surface area (Å²) in [5.74, 6) is 0.958. The third-order valence-electron chi connectivity index (χ3n) is 8.50. The van der Waals surface area contributed by atoms with Gasteiger partial charge in [-0.15, -0.1) is 0 Å². The maximum Gasteiger partial charge on any atom is 0.279 e. The summed E-state index contributed by atoms with van der Waals surface area (Å²) in [6.07, 6.45) is 2.70. The van der Waals surface area contributed by atoms with Crippen molar-refractivity contribution in [2.75, 3.05) is 0 Å². The Morgan fingerprint density at radius 3 is 2.10 bits per heavy atom. The number of hydrogen-bond donors (Lipinski definition) is 1. The topological polar surface area (TPSA) is 38.7 Å². The third kappa shape index (κ3) is 5.04. The Morgan fingerprint density at radius 2 is 1.45 bits per heavy atom. The number of aromatic hydroxyl groups is 1. The molecule has 0 saturated heterocycles. The number of ether oxygens (including phenoxy) is 2. The molecule has 0 aliphatic carbocycles. The normalized spacial score (nSPS) is 19.8. The lowest BCUT2D eigenvalue weighted by Crippen LogP contribution is -2.43. The molecule has 4 aromatic carbocycles. The van der Waals surface area contributed by atoms with Gasteiger partial charge in [0.05, 0.1) is 0 Å². The van der Waals surface area contributed by atoms with Gasteiger partial charge in [0.25, 0.3) is 5.79 Å². The number of halogens is 1. The molecular formula is C38H39BrO3. The van der Waals surface area contributed by atoms with Crippen LogP contribution < -0.4 is 4.74 Å². The van der Waals surface area contributed by atoms with Crippen molar-refractivity contribution in [1.29, 1.82) is 0 Å². The molecule has 0 bridgehead atoms. The van der Waals surface area contributed by atoms with Crippen molar-refractivity contribution in [3.8, 4) is 11.5 Å². The number of benzene rings is 4. The first kappa shape index (κ1) is 28.6. The summed E-state index contributed by atoms with van der Waals surface area (Å²) in [7, 11) is 0. The van der Waals surface area contributed by atoms with Gasteiger partial charge in [0.2, 0.25) is 0 Å². The van der Waals surface area contributed by atoms with Crippen LogP contribution in [0.5, 0.6) is 11.5 Å². The molecule has 0 saturated carbocycles. The quantitative estimate of drug-likeness (QED) is 0.242. The smallest absolute Gasteiger partial charge is 0.279 e. The van der Waals surface area contributed by atoms with E-state index in [9.17, 15) is 5.11 Å². The van der Waals surface area contributed by atoms with Gasteiger partial charge in [-0.05, 0) is 64.3 Å². The number of aryl methyl sites for hydroxylation is 1. The first-order valence-electron chi connectivity index (χ1n) is 14.7. The molecule has 1 N–H and O–H groups in total.